The summed E-state index contributed by atoms with van der Waals surface area (Å²) in [6.07, 6.45) is -4.56. The molecule has 1 unspecified atom stereocenters. The molecule has 3 rings (SSSR count). The van der Waals surface area contributed by atoms with Crippen LogP contribution in [0.25, 0.3) is 0 Å². The van der Waals surface area contributed by atoms with E-state index >= 15 is 0 Å². The van der Waals surface area contributed by atoms with E-state index in [0.29, 0.717) is 24.7 Å². The van der Waals surface area contributed by atoms with Crippen LogP contribution in [0.1, 0.15) is 31.1 Å². The smallest absolute Gasteiger partial charge is 0.433 e. The number of ether oxygens (including phenoxy) is 2. The third-order valence-corrected chi connectivity index (χ3v) is 4.34. The van der Waals surface area contributed by atoms with E-state index in [2.05, 4.69) is 15.3 Å². The average Bonchev–Trinajstić information content (AvgIpc) is 2.64. The second-order valence-corrected chi connectivity index (χ2v) is 7.10. The first-order valence-corrected chi connectivity index (χ1v) is 8.95. The molecule has 2 heterocycles. The van der Waals surface area contributed by atoms with Gasteiger partial charge in [0.05, 0.1) is 6.04 Å². The van der Waals surface area contributed by atoms with Gasteiger partial charge in [-0.2, -0.15) is 18.2 Å². The molecule has 152 valence electrons. The Morgan fingerprint density at radius 2 is 1.71 bits per heavy atom. The van der Waals surface area contributed by atoms with Crippen LogP contribution in [0.4, 0.5) is 24.9 Å². The highest BCUT2D eigenvalue weighted by molar-refractivity contribution is 5.48. The number of hydrogen-bond acceptors (Lipinski definition) is 6. The van der Waals surface area contributed by atoms with Crippen molar-refractivity contribution in [3.63, 3.8) is 0 Å². The standard InChI is InChI=1S/C19H23F3N4O2/c1-11(2)17(12-5-6-13-14(9-12)28-8-7-27-13)25-18-23-15(19(20,21)22)10-16(24-18)26(3)4/h5-6,9-11,17H,7-8H2,1-4H3,(H,23,24,25). The summed E-state index contributed by atoms with van der Waals surface area (Å²) in [5, 5.41) is 3.06. The van der Waals surface area contributed by atoms with Gasteiger partial charge in [0, 0.05) is 20.2 Å². The lowest BCUT2D eigenvalue weighted by Crippen LogP contribution is -2.22. The van der Waals surface area contributed by atoms with E-state index in [1.54, 1.807) is 20.2 Å². The van der Waals surface area contributed by atoms with E-state index in [1.807, 2.05) is 26.0 Å². The Labute approximate surface area is 161 Å². The summed E-state index contributed by atoms with van der Waals surface area (Å²) >= 11 is 0. The van der Waals surface area contributed by atoms with Crippen LogP contribution in [0.5, 0.6) is 11.5 Å². The highest BCUT2D eigenvalue weighted by Crippen LogP contribution is 2.36. The zero-order valence-electron chi connectivity index (χ0n) is 16.2. The lowest BCUT2D eigenvalue weighted by atomic mass is 9.95. The summed E-state index contributed by atoms with van der Waals surface area (Å²) < 4.78 is 50.9. The Balaban J connectivity index is 1.96. The molecule has 1 aromatic carbocycles. The van der Waals surface area contributed by atoms with Crippen LogP contribution in [-0.4, -0.2) is 37.3 Å². The molecule has 0 radical (unpaired) electrons. The van der Waals surface area contributed by atoms with Crippen LogP contribution in [-0.2, 0) is 6.18 Å². The van der Waals surface area contributed by atoms with Gasteiger partial charge >= 0.3 is 6.18 Å². The molecule has 1 aromatic heterocycles. The number of hydrogen-bond donors (Lipinski definition) is 1. The number of alkyl halides is 3. The fourth-order valence-corrected chi connectivity index (χ4v) is 2.90. The van der Waals surface area contributed by atoms with E-state index in [0.717, 1.165) is 11.6 Å². The number of nitrogens with zero attached hydrogens (tertiary/aromatic N) is 3. The zero-order valence-corrected chi connectivity index (χ0v) is 16.2. The van der Waals surface area contributed by atoms with E-state index in [9.17, 15) is 13.2 Å². The van der Waals surface area contributed by atoms with Gasteiger partial charge in [-0.15, -0.1) is 0 Å². The van der Waals surface area contributed by atoms with Crippen molar-refractivity contribution in [2.75, 3.05) is 37.5 Å². The summed E-state index contributed by atoms with van der Waals surface area (Å²) in [5.74, 6) is 1.43. The first-order valence-electron chi connectivity index (χ1n) is 8.95. The molecular formula is C19H23F3N4O2. The van der Waals surface area contributed by atoms with Crippen molar-refractivity contribution in [1.29, 1.82) is 0 Å². The predicted octanol–water partition coefficient (Wildman–Crippen LogP) is 4.14. The SMILES string of the molecule is CC(C)C(Nc1nc(N(C)C)cc(C(F)(F)F)n1)c1ccc2c(c1)OCCO2. The van der Waals surface area contributed by atoms with Crippen LogP contribution >= 0.6 is 0 Å². The van der Waals surface area contributed by atoms with Crippen molar-refractivity contribution < 1.29 is 22.6 Å². The van der Waals surface area contributed by atoms with Gasteiger partial charge < -0.3 is 19.7 Å². The lowest BCUT2D eigenvalue weighted by Gasteiger charge is -2.26. The minimum Gasteiger partial charge on any atom is -0.486 e. The minimum absolute atomic E-state index is 0.0588. The van der Waals surface area contributed by atoms with Gasteiger partial charge in [-0.1, -0.05) is 19.9 Å². The van der Waals surface area contributed by atoms with E-state index in [1.165, 1.54) is 4.90 Å². The normalized spacial score (nSPS) is 14.7. The van der Waals surface area contributed by atoms with Gasteiger partial charge in [-0.25, -0.2) is 4.98 Å². The number of aromatic nitrogens is 2. The van der Waals surface area contributed by atoms with E-state index in [4.69, 9.17) is 9.47 Å². The van der Waals surface area contributed by atoms with Gasteiger partial charge in [-0.05, 0) is 23.6 Å². The summed E-state index contributed by atoms with van der Waals surface area (Å²) in [6.45, 7) is 4.88. The maximum absolute atomic E-state index is 13.3. The molecule has 0 saturated heterocycles. The number of fused-ring (bicyclic) bond motifs is 1. The highest BCUT2D eigenvalue weighted by atomic mass is 19.4. The first-order chi connectivity index (χ1) is 13.1. The van der Waals surface area contributed by atoms with Gasteiger partial charge in [0.15, 0.2) is 17.2 Å². The summed E-state index contributed by atoms with van der Waals surface area (Å²) in [5.41, 5.74) is -0.134. The first kappa shape index (κ1) is 20.0. The Bertz CT molecular complexity index is 840. The number of anilines is 2. The number of halogens is 3. The largest absolute Gasteiger partial charge is 0.486 e. The molecule has 0 saturated carbocycles. The summed E-state index contributed by atoms with van der Waals surface area (Å²) in [4.78, 5) is 9.43. The van der Waals surface area contributed by atoms with Crippen molar-refractivity contribution in [3.8, 4) is 11.5 Å². The van der Waals surface area contributed by atoms with Gasteiger partial charge in [0.2, 0.25) is 5.95 Å². The van der Waals surface area contributed by atoms with Crippen LogP contribution in [0.15, 0.2) is 24.3 Å². The zero-order chi connectivity index (χ0) is 20.5. The fraction of sp³-hybridized carbons (Fsp3) is 0.474. The van der Waals surface area contributed by atoms with Crippen LogP contribution in [0, 0.1) is 5.92 Å². The monoisotopic (exact) mass is 396 g/mol. The molecule has 6 nitrogen and oxygen atoms in total. The molecule has 1 aliphatic rings. The molecule has 0 spiro atoms. The Hall–Kier alpha value is -2.71. The minimum atomic E-state index is -4.56. The van der Waals surface area contributed by atoms with Gasteiger partial charge in [0.1, 0.15) is 19.0 Å². The molecule has 9 heteroatoms. The number of rotatable bonds is 5. The highest BCUT2D eigenvalue weighted by Gasteiger charge is 2.34. The van der Waals surface area contributed by atoms with E-state index < -0.39 is 11.9 Å². The Morgan fingerprint density at radius 1 is 1.04 bits per heavy atom. The topological polar surface area (TPSA) is 59.5 Å². The van der Waals surface area contributed by atoms with Crippen LogP contribution in [0.2, 0.25) is 0 Å². The van der Waals surface area contributed by atoms with Gasteiger partial charge in [-0.3, -0.25) is 0 Å². The molecule has 0 aliphatic carbocycles. The predicted molar refractivity (Wildman–Crippen MR) is 100.0 cm³/mol. The maximum Gasteiger partial charge on any atom is 0.433 e. The van der Waals surface area contributed by atoms with E-state index in [-0.39, 0.29) is 23.7 Å². The Kier molecular flexibility index (Phi) is 5.53. The van der Waals surface area contributed by atoms with Crippen LogP contribution < -0.4 is 19.7 Å². The van der Waals surface area contributed by atoms with Crippen LogP contribution in [0.3, 0.4) is 0 Å². The molecule has 1 aliphatic heterocycles. The van der Waals surface area contributed by atoms with Crippen molar-refractivity contribution >= 4 is 11.8 Å². The second-order valence-electron chi connectivity index (χ2n) is 7.10. The van der Waals surface area contributed by atoms with Crippen molar-refractivity contribution in [3.05, 3.63) is 35.5 Å². The Morgan fingerprint density at radius 3 is 2.32 bits per heavy atom. The molecule has 1 atom stereocenters. The second kappa shape index (κ2) is 7.73. The molecule has 0 amide bonds. The average molecular weight is 396 g/mol. The molecular weight excluding hydrogens is 373 g/mol. The molecule has 28 heavy (non-hydrogen) atoms. The fourth-order valence-electron chi connectivity index (χ4n) is 2.90. The molecule has 1 N–H and O–H groups in total. The third-order valence-electron chi connectivity index (χ3n) is 4.34. The molecule has 0 bridgehead atoms. The van der Waals surface area contributed by atoms with Crippen molar-refractivity contribution in [2.45, 2.75) is 26.1 Å². The third kappa shape index (κ3) is 4.40. The van der Waals surface area contributed by atoms with Crippen molar-refractivity contribution in [2.24, 2.45) is 5.92 Å². The molecule has 0 fully saturated rings. The van der Waals surface area contributed by atoms with Gasteiger partial charge in [0.25, 0.3) is 0 Å². The lowest BCUT2D eigenvalue weighted by molar-refractivity contribution is -0.141. The summed E-state index contributed by atoms with van der Waals surface area (Å²) in [6, 6.07) is 6.13. The quantitative estimate of drug-likeness (QED) is 0.820. The number of nitrogens with one attached hydrogen (secondary N) is 1. The number of benzene rings is 1. The maximum atomic E-state index is 13.3. The molecule has 2 aromatic rings. The summed E-state index contributed by atoms with van der Waals surface area (Å²) in [7, 11) is 3.26. The van der Waals surface area contributed by atoms with Crippen molar-refractivity contribution in [1.82, 2.24) is 9.97 Å².